The zero-order valence-electron chi connectivity index (χ0n) is 12.7. The maximum absolute atomic E-state index is 9.55. The topological polar surface area (TPSA) is 103 Å². The van der Waals surface area contributed by atoms with Crippen LogP contribution in [-0.2, 0) is 16.0 Å². The summed E-state index contributed by atoms with van der Waals surface area (Å²) in [7, 11) is 0. The van der Waals surface area contributed by atoms with Crippen LogP contribution in [0.3, 0.4) is 0 Å². The van der Waals surface area contributed by atoms with Gasteiger partial charge in [0.25, 0.3) is 0 Å². The second kappa shape index (κ2) is 8.28. The summed E-state index contributed by atoms with van der Waals surface area (Å²) >= 11 is 0. The summed E-state index contributed by atoms with van der Waals surface area (Å²) in [5, 5.41) is 15.6. The minimum Gasteiger partial charge on any atom is -0.478 e. The lowest BCUT2D eigenvalue weighted by Crippen LogP contribution is -1.91. The predicted octanol–water partition coefficient (Wildman–Crippen LogP) is 2.87. The van der Waals surface area contributed by atoms with E-state index in [1.54, 1.807) is 0 Å². The number of rotatable bonds is 4. The van der Waals surface area contributed by atoms with Gasteiger partial charge in [-0.15, -0.1) is 0 Å². The molecule has 0 unspecified atom stereocenters. The van der Waals surface area contributed by atoms with Gasteiger partial charge in [-0.25, -0.2) is 14.6 Å². The number of carboxylic acid groups (broad SMARTS) is 2. The Morgan fingerprint density at radius 3 is 2.08 bits per heavy atom. The van der Waals surface area contributed by atoms with Crippen LogP contribution in [0.15, 0.2) is 66.7 Å². The molecule has 3 aromatic rings. The molecule has 0 aliphatic carbocycles. The molecule has 0 saturated heterocycles. The molecule has 6 nitrogen and oxygen atoms in total. The third-order valence-electron chi connectivity index (χ3n) is 3.02. The summed E-state index contributed by atoms with van der Waals surface area (Å²) in [6, 6.07) is 18.5. The van der Waals surface area contributed by atoms with E-state index < -0.39 is 11.9 Å². The number of hydrogen-bond acceptors (Lipinski definition) is 3. The summed E-state index contributed by atoms with van der Waals surface area (Å²) in [6.07, 6.45) is 1.97. The Morgan fingerprint density at radius 1 is 0.917 bits per heavy atom. The third-order valence-corrected chi connectivity index (χ3v) is 3.02. The van der Waals surface area contributed by atoms with Crippen molar-refractivity contribution in [3.8, 4) is 0 Å². The standard InChI is InChI=1S/C14H12N2.C4H4O4/c1-2-6-11(7-3-1)10-14-15-12-8-4-5-9-13(12)16-14;5-3(6)1-2-4(7)8/h1-9H,10H2,(H,15,16);1-2H,(H,5,6)(H,7,8)/b;2-1+. The molecule has 3 N–H and O–H groups in total. The number of imidazole rings is 1. The number of benzene rings is 2. The van der Waals surface area contributed by atoms with Crippen LogP contribution in [0.2, 0.25) is 0 Å². The highest BCUT2D eigenvalue weighted by Crippen LogP contribution is 2.13. The van der Waals surface area contributed by atoms with Gasteiger partial charge in [-0.05, 0) is 17.7 Å². The van der Waals surface area contributed by atoms with Crippen LogP contribution in [0.4, 0.5) is 0 Å². The summed E-state index contributed by atoms with van der Waals surface area (Å²) in [6.45, 7) is 0. The molecule has 0 bridgehead atoms. The van der Waals surface area contributed by atoms with E-state index in [0.717, 1.165) is 23.3 Å². The molecule has 0 aliphatic heterocycles. The number of H-pyrrole nitrogens is 1. The lowest BCUT2D eigenvalue weighted by Gasteiger charge is -1.96. The summed E-state index contributed by atoms with van der Waals surface area (Å²) in [5.41, 5.74) is 3.42. The number of aliphatic carboxylic acids is 2. The quantitative estimate of drug-likeness (QED) is 0.640. The van der Waals surface area contributed by atoms with Crippen LogP contribution in [0.5, 0.6) is 0 Å². The predicted molar refractivity (Wildman–Crippen MR) is 89.8 cm³/mol. The monoisotopic (exact) mass is 324 g/mol. The fraction of sp³-hybridized carbons (Fsp3) is 0.0556. The number of aromatic nitrogens is 2. The minimum atomic E-state index is -1.26. The highest BCUT2D eigenvalue weighted by atomic mass is 16.4. The highest BCUT2D eigenvalue weighted by Gasteiger charge is 2.02. The van der Waals surface area contributed by atoms with Crippen LogP contribution in [0, 0.1) is 0 Å². The summed E-state index contributed by atoms with van der Waals surface area (Å²) < 4.78 is 0. The van der Waals surface area contributed by atoms with Crippen molar-refractivity contribution in [1.29, 1.82) is 0 Å². The number of nitrogens with zero attached hydrogens (tertiary/aromatic N) is 1. The SMILES string of the molecule is O=C(O)/C=C/C(=O)O.c1ccc(Cc2nc3ccccc3[nH]2)cc1. The van der Waals surface area contributed by atoms with Crippen molar-refractivity contribution in [3.63, 3.8) is 0 Å². The van der Waals surface area contributed by atoms with Crippen LogP contribution >= 0.6 is 0 Å². The number of para-hydroxylation sites is 2. The Hall–Kier alpha value is -3.41. The van der Waals surface area contributed by atoms with E-state index in [9.17, 15) is 9.59 Å². The van der Waals surface area contributed by atoms with E-state index in [0.29, 0.717) is 12.2 Å². The van der Waals surface area contributed by atoms with Crippen molar-refractivity contribution in [3.05, 3.63) is 78.1 Å². The molecule has 6 heteroatoms. The van der Waals surface area contributed by atoms with Gasteiger partial charge in [0.1, 0.15) is 5.82 Å². The van der Waals surface area contributed by atoms with Crippen molar-refractivity contribution in [2.24, 2.45) is 0 Å². The zero-order chi connectivity index (χ0) is 17.4. The molecule has 1 heterocycles. The Bertz CT molecular complexity index is 805. The van der Waals surface area contributed by atoms with Crippen molar-refractivity contribution in [2.45, 2.75) is 6.42 Å². The van der Waals surface area contributed by atoms with E-state index in [2.05, 4.69) is 40.3 Å². The van der Waals surface area contributed by atoms with E-state index in [1.165, 1.54) is 5.56 Å². The van der Waals surface area contributed by atoms with Crippen molar-refractivity contribution in [1.82, 2.24) is 9.97 Å². The molecule has 0 radical (unpaired) electrons. The number of nitrogens with one attached hydrogen (secondary N) is 1. The first-order chi connectivity index (χ1) is 11.5. The summed E-state index contributed by atoms with van der Waals surface area (Å²) in [4.78, 5) is 27.0. The molecule has 0 spiro atoms. The average Bonchev–Trinajstić information content (AvgIpc) is 2.96. The molecular formula is C18H16N2O4. The van der Waals surface area contributed by atoms with E-state index >= 15 is 0 Å². The van der Waals surface area contributed by atoms with E-state index in [1.807, 2.05) is 24.3 Å². The van der Waals surface area contributed by atoms with Gasteiger partial charge in [0, 0.05) is 18.6 Å². The first-order valence-corrected chi connectivity index (χ1v) is 7.16. The van der Waals surface area contributed by atoms with Gasteiger partial charge >= 0.3 is 11.9 Å². The Balaban J connectivity index is 0.000000224. The maximum atomic E-state index is 9.55. The van der Waals surface area contributed by atoms with E-state index in [-0.39, 0.29) is 0 Å². The second-order valence-corrected chi connectivity index (χ2v) is 4.87. The molecule has 1 aromatic heterocycles. The van der Waals surface area contributed by atoms with E-state index in [4.69, 9.17) is 10.2 Å². The van der Waals surface area contributed by atoms with Crippen molar-refractivity contribution < 1.29 is 19.8 Å². The molecule has 0 aliphatic rings. The molecule has 0 fully saturated rings. The molecule has 0 amide bonds. The fourth-order valence-electron chi connectivity index (χ4n) is 2.02. The van der Waals surface area contributed by atoms with Gasteiger partial charge in [-0.3, -0.25) is 0 Å². The number of hydrogen-bond donors (Lipinski definition) is 3. The van der Waals surface area contributed by atoms with Crippen molar-refractivity contribution >= 4 is 23.0 Å². The first kappa shape index (κ1) is 17.0. The van der Waals surface area contributed by atoms with Gasteiger partial charge in [-0.2, -0.15) is 0 Å². The van der Waals surface area contributed by atoms with Crippen LogP contribution < -0.4 is 0 Å². The molecule has 122 valence electrons. The largest absolute Gasteiger partial charge is 0.478 e. The molecule has 24 heavy (non-hydrogen) atoms. The number of aromatic amines is 1. The number of carboxylic acids is 2. The molecule has 0 atom stereocenters. The maximum Gasteiger partial charge on any atom is 0.328 e. The van der Waals surface area contributed by atoms with Crippen LogP contribution in [-0.4, -0.2) is 32.1 Å². The zero-order valence-corrected chi connectivity index (χ0v) is 12.7. The minimum absolute atomic E-state index is 0.558. The highest BCUT2D eigenvalue weighted by molar-refractivity contribution is 5.89. The van der Waals surface area contributed by atoms with Gasteiger partial charge in [-0.1, -0.05) is 42.5 Å². The van der Waals surface area contributed by atoms with Gasteiger partial charge in [0.05, 0.1) is 11.0 Å². The van der Waals surface area contributed by atoms with Gasteiger partial charge in [0.2, 0.25) is 0 Å². The average molecular weight is 324 g/mol. The molecular weight excluding hydrogens is 308 g/mol. The second-order valence-electron chi connectivity index (χ2n) is 4.87. The molecule has 3 rings (SSSR count). The van der Waals surface area contributed by atoms with Crippen molar-refractivity contribution in [2.75, 3.05) is 0 Å². The lowest BCUT2D eigenvalue weighted by atomic mass is 10.1. The fourth-order valence-corrected chi connectivity index (χ4v) is 2.02. The smallest absolute Gasteiger partial charge is 0.328 e. The first-order valence-electron chi connectivity index (χ1n) is 7.16. The Labute approximate surface area is 138 Å². The summed E-state index contributed by atoms with van der Waals surface area (Å²) in [5.74, 6) is -1.49. The lowest BCUT2D eigenvalue weighted by molar-refractivity contribution is -0.134. The van der Waals surface area contributed by atoms with Gasteiger partial charge < -0.3 is 15.2 Å². The number of carbonyl (C=O) groups is 2. The van der Waals surface area contributed by atoms with Gasteiger partial charge in [0.15, 0.2) is 0 Å². The Kier molecular flexibility index (Phi) is 5.85. The number of fused-ring (bicyclic) bond motifs is 1. The Morgan fingerprint density at radius 2 is 1.50 bits per heavy atom. The third kappa shape index (κ3) is 5.42. The molecule has 0 saturated carbocycles. The normalized spacial score (nSPS) is 10.3. The van der Waals surface area contributed by atoms with Crippen LogP contribution in [0.1, 0.15) is 11.4 Å². The molecule has 2 aromatic carbocycles. The van der Waals surface area contributed by atoms with Crippen LogP contribution in [0.25, 0.3) is 11.0 Å².